The maximum atomic E-state index is 13.3. The van der Waals surface area contributed by atoms with E-state index in [1.807, 2.05) is 42.9 Å². The Kier molecular flexibility index (Phi) is 10.5. The molecule has 352 valence electrons. The van der Waals surface area contributed by atoms with Gasteiger partial charge in [0.15, 0.2) is 0 Å². The molecule has 0 aliphatic carbocycles. The fourth-order valence-electron chi connectivity index (χ4n) is 10.6. The molecule has 0 spiro atoms. The van der Waals surface area contributed by atoms with Crippen molar-refractivity contribution in [2.24, 2.45) is 0 Å². The molecule has 1 fully saturated rings. The average molecular weight is 985 g/mol. The number of H-pyrrole nitrogens is 4. The quantitative estimate of drug-likeness (QED) is 0.0872. The number of carbonyl (C=O) groups excluding carboxylic acids is 1. The Hall–Kier alpha value is -8.75. The second-order valence-electron chi connectivity index (χ2n) is 18.8. The van der Waals surface area contributed by atoms with E-state index in [0.29, 0.717) is 11.3 Å². The normalized spacial score (nSPS) is 13.0. The van der Waals surface area contributed by atoms with Crippen molar-refractivity contribution in [1.82, 2.24) is 45.2 Å². The molecule has 9 heterocycles. The molecule has 1 amide bonds. The topological polar surface area (TPSA) is 147 Å². The van der Waals surface area contributed by atoms with Crippen LogP contribution in [-0.4, -0.2) is 64.2 Å². The number of carbonyl (C=O) groups is 1. The van der Waals surface area contributed by atoms with Crippen LogP contribution in [0.3, 0.4) is 0 Å². The second kappa shape index (κ2) is 17.8. The van der Waals surface area contributed by atoms with Gasteiger partial charge in [0.25, 0.3) is 5.91 Å². The van der Waals surface area contributed by atoms with E-state index in [0.717, 1.165) is 130 Å². The van der Waals surface area contributed by atoms with Crippen molar-refractivity contribution in [1.29, 1.82) is 0 Å². The number of hydrogen-bond donors (Lipinski definition) is 5. The molecule has 73 heavy (non-hydrogen) atoms. The van der Waals surface area contributed by atoms with Crippen LogP contribution < -0.4 is 5.32 Å². The first-order valence-corrected chi connectivity index (χ1v) is 26.2. The minimum atomic E-state index is -0.196. The summed E-state index contributed by atoms with van der Waals surface area (Å²) in [6, 6.07) is 46.0. The molecule has 1 saturated heterocycles. The van der Waals surface area contributed by atoms with Crippen molar-refractivity contribution in [3.63, 3.8) is 0 Å². The van der Waals surface area contributed by atoms with Gasteiger partial charge >= 0.3 is 0 Å². The first kappa shape index (κ1) is 43.1. The summed E-state index contributed by atoms with van der Waals surface area (Å²) in [7, 11) is 0. The average Bonchev–Trinajstić information content (AvgIpc) is 4.29. The minimum absolute atomic E-state index is 0.196. The van der Waals surface area contributed by atoms with E-state index in [2.05, 4.69) is 154 Å². The third kappa shape index (κ3) is 7.91. The van der Waals surface area contributed by atoms with Crippen LogP contribution in [0.4, 0.5) is 5.69 Å². The number of thiophene rings is 2. The molecule has 13 aromatic rings. The summed E-state index contributed by atoms with van der Waals surface area (Å²) in [4.78, 5) is 33.5. The van der Waals surface area contributed by atoms with E-state index < -0.39 is 0 Å². The van der Waals surface area contributed by atoms with Gasteiger partial charge in [0.2, 0.25) is 0 Å². The van der Waals surface area contributed by atoms with Gasteiger partial charge in [-0.05, 0) is 166 Å². The molecular formula is C60H44N10OS2. The second-order valence-corrected chi connectivity index (χ2v) is 20.5. The maximum absolute atomic E-state index is 13.3. The van der Waals surface area contributed by atoms with E-state index in [1.54, 1.807) is 41.0 Å². The zero-order valence-corrected chi connectivity index (χ0v) is 40.9. The van der Waals surface area contributed by atoms with Crippen LogP contribution in [0.5, 0.6) is 0 Å². The molecule has 1 aliphatic rings. The van der Waals surface area contributed by atoms with Crippen LogP contribution in [-0.2, 0) is 6.54 Å². The number of likely N-dealkylation sites (tertiary alicyclic amines) is 1. The van der Waals surface area contributed by atoms with Gasteiger partial charge in [0.05, 0.1) is 34.3 Å². The third-order valence-electron chi connectivity index (χ3n) is 14.2. The van der Waals surface area contributed by atoms with Crippen molar-refractivity contribution in [3.8, 4) is 77.7 Å². The summed E-state index contributed by atoms with van der Waals surface area (Å²) >= 11 is 3.39. The molecule has 14 rings (SSSR count). The summed E-state index contributed by atoms with van der Waals surface area (Å²) < 4.78 is 0. The molecule has 0 saturated carbocycles. The van der Waals surface area contributed by atoms with Gasteiger partial charge in [0.1, 0.15) is 11.4 Å². The van der Waals surface area contributed by atoms with Gasteiger partial charge < -0.3 is 15.3 Å². The highest BCUT2D eigenvalue weighted by Gasteiger charge is 2.21. The molecule has 8 aromatic heterocycles. The Labute approximate surface area is 426 Å². The smallest absolute Gasteiger partial charge is 0.255 e. The molecule has 13 heteroatoms. The van der Waals surface area contributed by atoms with Gasteiger partial charge in [-0.15, -0.1) is 11.3 Å². The van der Waals surface area contributed by atoms with Crippen LogP contribution in [0.25, 0.3) is 121 Å². The molecule has 0 atom stereocenters. The lowest BCUT2D eigenvalue weighted by atomic mass is 9.97. The molecule has 11 nitrogen and oxygen atoms in total. The van der Waals surface area contributed by atoms with E-state index in [-0.39, 0.29) is 5.91 Å². The van der Waals surface area contributed by atoms with Crippen LogP contribution >= 0.6 is 22.7 Å². The van der Waals surface area contributed by atoms with E-state index >= 15 is 0 Å². The fraction of sp³-hybridized carbons (Fsp3) is 0.0833. The summed E-state index contributed by atoms with van der Waals surface area (Å²) in [6.45, 7) is 3.23. The van der Waals surface area contributed by atoms with Crippen molar-refractivity contribution >= 4 is 77.9 Å². The zero-order valence-electron chi connectivity index (χ0n) is 39.2. The number of pyridine rings is 2. The van der Waals surface area contributed by atoms with Gasteiger partial charge in [0, 0.05) is 84.8 Å². The molecule has 0 radical (unpaired) electrons. The zero-order chi connectivity index (χ0) is 48.4. The summed E-state index contributed by atoms with van der Waals surface area (Å²) in [5.41, 5.74) is 19.5. The highest BCUT2D eigenvalue weighted by molar-refractivity contribution is 7.14. The van der Waals surface area contributed by atoms with Crippen LogP contribution in [0, 0.1) is 0 Å². The number of benzene rings is 5. The molecule has 5 N–H and O–H groups in total. The number of hydrogen-bond acceptors (Lipinski definition) is 8. The lowest BCUT2D eigenvalue weighted by molar-refractivity contribution is 0.102. The molecule has 1 aliphatic heterocycles. The van der Waals surface area contributed by atoms with E-state index in [9.17, 15) is 4.79 Å². The minimum Gasteiger partial charge on any atom is -0.353 e. The third-order valence-corrected chi connectivity index (χ3v) is 15.8. The standard InChI is InChI=1S/C60H44N10OS2/c71-60(36-8-2-1-3-9-36)63-43-21-41(30-62-31-43)39-23-49(57-50(24-39)59(69-67-57)55-26-46-44(38-16-19-72-33-38)10-6-12-51(46)65-55)56-25-42(34-73-56)45-11-7-13-52-47(45)27-54(64-52)58-48-22-37(14-15-53(48)66-68-58)40-20-35(28-61-29-40)32-70-17-4-5-18-70/h1-3,6-16,19-31,33-34,64-65H,4-5,17-18,32H2,(H,63,71)(H,66,68)(H,67,69). The Morgan fingerprint density at radius 2 is 1.29 bits per heavy atom. The van der Waals surface area contributed by atoms with Crippen molar-refractivity contribution in [2.75, 3.05) is 18.4 Å². The van der Waals surface area contributed by atoms with Crippen molar-refractivity contribution in [2.45, 2.75) is 19.4 Å². The van der Waals surface area contributed by atoms with Gasteiger partial charge in [-0.1, -0.05) is 48.5 Å². The Balaban J connectivity index is 0.842. The number of nitrogens with zero attached hydrogens (tertiary/aromatic N) is 5. The Morgan fingerprint density at radius 3 is 2.07 bits per heavy atom. The highest BCUT2D eigenvalue weighted by Crippen LogP contribution is 2.44. The molecule has 0 bridgehead atoms. The van der Waals surface area contributed by atoms with E-state index in [1.165, 1.54) is 29.5 Å². The summed E-state index contributed by atoms with van der Waals surface area (Å²) in [6.07, 6.45) is 10.0. The summed E-state index contributed by atoms with van der Waals surface area (Å²) in [5.74, 6) is -0.196. The number of fused-ring (bicyclic) bond motifs is 4. The lowest BCUT2D eigenvalue weighted by Gasteiger charge is -2.14. The molecule has 5 aromatic carbocycles. The first-order chi connectivity index (χ1) is 36.0. The number of anilines is 1. The van der Waals surface area contributed by atoms with E-state index in [4.69, 9.17) is 10.2 Å². The monoisotopic (exact) mass is 984 g/mol. The number of amides is 1. The SMILES string of the molecule is O=C(Nc1cncc(-c2cc(-c3cc(-c4cccc5[nH]c(-c6n[nH]c7ccc(-c8cncc(CN9CCCC9)c8)cc67)cc45)cs3)c3[nH]nc(-c4cc5c(-c6ccsc6)cccc5[nH]4)c3c2)c1)c1ccccc1. The predicted molar refractivity (Wildman–Crippen MR) is 298 cm³/mol. The van der Waals surface area contributed by atoms with Gasteiger partial charge in [-0.3, -0.25) is 29.9 Å². The lowest BCUT2D eigenvalue weighted by Crippen LogP contribution is -2.18. The number of aromatic nitrogens is 8. The molecule has 0 unspecified atom stereocenters. The van der Waals surface area contributed by atoms with Crippen molar-refractivity contribution < 1.29 is 4.79 Å². The van der Waals surface area contributed by atoms with Gasteiger partial charge in [-0.2, -0.15) is 21.5 Å². The Bertz CT molecular complexity index is 4210. The highest BCUT2D eigenvalue weighted by atomic mass is 32.1. The maximum Gasteiger partial charge on any atom is 0.255 e. The predicted octanol–water partition coefficient (Wildman–Crippen LogP) is 14.8. The number of aromatic amines is 4. The fourth-order valence-corrected chi connectivity index (χ4v) is 12.2. The Morgan fingerprint density at radius 1 is 0.562 bits per heavy atom. The summed E-state index contributed by atoms with van der Waals surface area (Å²) in [5, 5.41) is 30.5. The number of rotatable bonds is 11. The van der Waals surface area contributed by atoms with Crippen LogP contribution in [0.2, 0.25) is 0 Å². The van der Waals surface area contributed by atoms with Crippen molar-refractivity contribution in [3.05, 3.63) is 186 Å². The molecular weight excluding hydrogens is 941 g/mol. The number of nitrogens with one attached hydrogen (secondary N) is 5. The van der Waals surface area contributed by atoms with Gasteiger partial charge in [-0.25, -0.2) is 0 Å². The largest absolute Gasteiger partial charge is 0.353 e. The van der Waals surface area contributed by atoms with Crippen LogP contribution in [0.15, 0.2) is 174 Å². The van der Waals surface area contributed by atoms with Crippen LogP contribution in [0.1, 0.15) is 28.8 Å². The first-order valence-electron chi connectivity index (χ1n) is 24.4.